The van der Waals surface area contributed by atoms with Crippen molar-refractivity contribution < 1.29 is 18.3 Å². The van der Waals surface area contributed by atoms with Crippen molar-refractivity contribution in [3.05, 3.63) is 105 Å². The molecule has 0 amide bonds. The van der Waals surface area contributed by atoms with Gasteiger partial charge in [-0.25, -0.2) is 13.6 Å². The zero-order valence-corrected chi connectivity index (χ0v) is 19.9. The molecule has 5 rings (SSSR count). The molecule has 0 atom stereocenters. The molecule has 2 heterocycles. The summed E-state index contributed by atoms with van der Waals surface area (Å²) in [5.74, 6) is -1.43. The lowest BCUT2D eigenvalue weighted by Gasteiger charge is -2.15. The lowest BCUT2D eigenvalue weighted by molar-refractivity contribution is 0.446. The molecule has 0 unspecified atom stereocenters. The Morgan fingerprint density at radius 3 is 2.43 bits per heavy atom. The predicted octanol–water partition coefficient (Wildman–Crippen LogP) is 6.01. The van der Waals surface area contributed by atoms with Crippen LogP contribution < -0.4 is 11.2 Å². The average molecular weight is 510 g/mol. The molecular formula is C26H17F2NO4S2. The fourth-order valence-corrected chi connectivity index (χ4v) is 5.17. The highest BCUT2D eigenvalue weighted by atomic mass is 32.2. The summed E-state index contributed by atoms with van der Waals surface area (Å²) in [7, 11) is 0. The van der Waals surface area contributed by atoms with E-state index in [-0.39, 0.29) is 22.4 Å². The highest BCUT2D eigenvalue weighted by Crippen LogP contribution is 2.37. The van der Waals surface area contributed by atoms with E-state index in [0.717, 1.165) is 16.7 Å². The smallest absolute Gasteiger partial charge is 0.354 e. The quantitative estimate of drug-likeness (QED) is 0.231. The molecule has 3 aromatic carbocycles. The summed E-state index contributed by atoms with van der Waals surface area (Å²) in [6, 6.07) is 16.6. The van der Waals surface area contributed by atoms with Crippen molar-refractivity contribution in [1.82, 2.24) is 4.57 Å². The molecule has 0 bridgehead atoms. The third kappa shape index (κ3) is 4.33. The van der Waals surface area contributed by atoms with Crippen molar-refractivity contribution in [2.45, 2.75) is 21.2 Å². The van der Waals surface area contributed by atoms with Crippen LogP contribution in [0.4, 0.5) is 8.78 Å². The zero-order valence-electron chi connectivity index (χ0n) is 18.2. The second-order valence-electron chi connectivity index (χ2n) is 7.73. The number of hydrogen-bond donors (Lipinski definition) is 1. The van der Waals surface area contributed by atoms with Gasteiger partial charge in [0.1, 0.15) is 21.9 Å². The highest BCUT2D eigenvalue weighted by Gasteiger charge is 2.23. The van der Waals surface area contributed by atoms with E-state index in [4.69, 9.17) is 4.42 Å². The van der Waals surface area contributed by atoms with Gasteiger partial charge in [0.15, 0.2) is 11.3 Å². The van der Waals surface area contributed by atoms with Gasteiger partial charge in [0.2, 0.25) is 0 Å². The van der Waals surface area contributed by atoms with Crippen molar-refractivity contribution in [3.63, 3.8) is 0 Å². The number of aromatic hydroxyl groups is 1. The average Bonchev–Trinajstić information content (AvgIpc) is 2.85. The zero-order chi connectivity index (χ0) is 24.7. The van der Waals surface area contributed by atoms with Gasteiger partial charge in [-0.3, -0.25) is 4.79 Å². The maximum Gasteiger partial charge on any atom is 0.354 e. The molecule has 5 aromatic rings. The third-order valence-corrected chi connectivity index (χ3v) is 7.31. The molecule has 0 saturated carbocycles. The summed E-state index contributed by atoms with van der Waals surface area (Å²) in [5.41, 5.74) is -0.256. The van der Waals surface area contributed by atoms with Crippen LogP contribution in [0.15, 0.2) is 95.4 Å². The van der Waals surface area contributed by atoms with E-state index in [1.807, 2.05) is 12.3 Å². The standard InChI is InChI=1S/C26H17F2NO4S2/c1-34-17-9-10-19-20(12-17)29(13-14-5-7-15(27)8-6-14)25(31)21-22(30)24(26(32)33-23(19)21)35-18-4-2-3-16(28)11-18/h2-12,30H,13H2,1H3. The Hall–Kier alpha value is -3.56. The molecule has 176 valence electrons. The second kappa shape index (κ2) is 9.24. The molecule has 1 N–H and O–H groups in total. The Kier molecular flexibility index (Phi) is 6.12. The second-order valence-corrected chi connectivity index (χ2v) is 9.70. The molecule has 9 heteroatoms. The monoisotopic (exact) mass is 509 g/mol. The molecule has 0 aliphatic heterocycles. The molecule has 0 spiro atoms. The Morgan fingerprint density at radius 2 is 1.71 bits per heavy atom. The molecule has 35 heavy (non-hydrogen) atoms. The first-order chi connectivity index (χ1) is 16.9. The van der Waals surface area contributed by atoms with Crippen molar-refractivity contribution in [3.8, 4) is 5.75 Å². The molecule has 0 aliphatic rings. The van der Waals surface area contributed by atoms with E-state index in [0.29, 0.717) is 21.4 Å². The summed E-state index contributed by atoms with van der Waals surface area (Å²) in [6.07, 6.45) is 1.90. The van der Waals surface area contributed by atoms with E-state index in [2.05, 4.69) is 0 Å². The number of halogens is 2. The largest absolute Gasteiger partial charge is 0.505 e. The molecular weight excluding hydrogens is 492 g/mol. The molecule has 0 aliphatic carbocycles. The van der Waals surface area contributed by atoms with E-state index >= 15 is 0 Å². The minimum Gasteiger partial charge on any atom is -0.505 e. The molecule has 2 aromatic heterocycles. The van der Waals surface area contributed by atoms with Gasteiger partial charge in [-0.1, -0.05) is 30.0 Å². The Morgan fingerprint density at radius 1 is 0.943 bits per heavy atom. The van der Waals surface area contributed by atoms with Crippen LogP contribution >= 0.6 is 23.5 Å². The SMILES string of the molecule is CSc1ccc2c3oc(=O)c(Sc4cccc(F)c4)c(O)c3c(=O)n(Cc3ccc(F)cc3)c2c1. The van der Waals surface area contributed by atoms with Gasteiger partial charge >= 0.3 is 5.63 Å². The van der Waals surface area contributed by atoms with Crippen molar-refractivity contribution in [2.24, 2.45) is 0 Å². The van der Waals surface area contributed by atoms with Crippen LogP contribution in [0.2, 0.25) is 0 Å². The number of aromatic nitrogens is 1. The maximum atomic E-state index is 13.7. The fourth-order valence-electron chi connectivity index (χ4n) is 3.86. The Bertz CT molecular complexity index is 1710. The van der Waals surface area contributed by atoms with Crippen LogP contribution in [0.5, 0.6) is 5.75 Å². The van der Waals surface area contributed by atoms with Crippen molar-refractivity contribution in [2.75, 3.05) is 6.26 Å². The van der Waals surface area contributed by atoms with Gasteiger partial charge in [0.25, 0.3) is 5.56 Å². The number of rotatable bonds is 5. The van der Waals surface area contributed by atoms with Crippen LogP contribution in [-0.2, 0) is 6.54 Å². The lowest BCUT2D eigenvalue weighted by atomic mass is 10.1. The minimum absolute atomic E-state index is 0.0286. The molecule has 0 fully saturated rings. The third-order valence-electron chi connectivity index (χ3n) is 5.53. The van der Waals surface area contributed by atoms with Gasteiger partial charge in [0, 0.05) is 15.2 Å². The summed E-state index contributed by atoms with van der Waals surface area (Å²) in [4.78, 5) is 27.6. The topological polar surface area (TPSA) is 72.4 Å². The minimum atomic E-state index is -0.838. The van der Waals surface area contributed by atoms with Gasteiger partial charge in [-0.05, 0) is 60.4 Å². The number of benzene rings is 3. The van der Waals surface area contributed by atoms with Crippen molar-refractivity contribution in [1.29, 1.82) is 0 Å². The van der Waals surface area contributed by atoms with Crippen LogP contribution in [0.25, 0.3) is 21.9 Å². The van der Waals surface area contributed by atoms with Gasteiger partial charge in [-0.2, -0.15) is 0 Å². The van der Waals surface area contributed by atoms with E-state index < -0.39 is 28.6 Å². The van der Waals surface area contributed by atoms with Crippen LogP contribution in [0.1, 0.15) is 5.56 Å². The van der Waals surface area contributed by atoms with Crippen LogP contribution in [0.3, 0.4) is 0 Å². The van der Waals surface area contributed by atoms with Crippen molar-refractivity contribution >= 4 is 45.4 Å². The molecule has 0 radical (unpaired) electrons. The molecule has 0 saturated heterocycles. The summed E-state index contributed by atoms with van der Waals surface area (Å²) in [6.45, 7) is 0.105. The van der Waals surface area contributed by atoms with E-state index in [1.165, 1.54) is 46.7 Å². The molecule has 5 nitrogen and oxygen atoms in total. The Balaban J connectivity index is 1.79. The first-order valence-electron chi connectivity index (χ1n) is 10.4. The van der Waals surface area contributed by atoms with Gasteiger partial charge < -0.3 is 14.1 Å². The lowest BCUT2D eigenvalue weighted by Crippen LogP contribution is -2.23. The number of fused-ring (bicyclic) bond motifs is 3. The van der Waals surface area contributed by atoms with Gasteiger partial charge in [0.05, 0.1) is 12.1 Å². The number of pyridine rings is 1. The predicted molar refractivity (Wildman–Crippen MR) is 134 cm³/mol. The fraction of sp³-hybridized carbons (Fsp3) is 0.0769. The normalized spacial score (nSPS) is 11.4. The summed E-state index contributed by atoms with van der Waals surface area (Å²) in [5, 5.41) is 11.4. The van der Waals surface area contributed by atoms with Crippen LogP contribution in [-0.4, -0.2) is 15.9 Å². The van der Waals surface area contributed by atoms with E-state index in [9.17, 15) is 23.5 Å². The summed E-state index contributed by atoms with van der Waals surface area (Å²) < 4.78 is 34.1. The highest BCUT2D eigenvalue weighted by molar-refractivity contribution is 7.99. The number of nitrogens with zero attached hydrogens (tertiary/aromatic N) is 1. The summed E-state index contributed by atoms with van der Waals surface area (Å²) >= 11 is 2.29. The first-order valence-corrected chi connectivity index (χ1v) is 12.5. The maximum absolute atomic E-state index is 13.7. The van der Waals surface area contributed by atoms with E-state index in [1.54, 1.807) is 30.3 Å². The first kappa shape index (κ1) is 23.2. The van der Waals surface area contributed by atoms with Gasteiger partial charge in [-0.15, -0.1) is 11.8 Å². The number of hydrogen-bond acceptors (Lipinski definition) is 6. The number of thioether (sulfide) groups is 1. The Labute approximate surface area is 206 Å². The van der Waals surface area contributed by atoms with Crippen LogP contribution in [0, 0.1) is 11.6 Å².